The second-order valence-corrected chi connectivity index (χ2v) is 5.93. The highest BCUT2D eigenvalue weighted by molar-refractivity contribution is 14.1. The highest BCUT2D eigenvalue weighted by atomic mass is 127. The van der Waals surface area contributed by atoms with Crippen molar-refractivity contribution in [2.24, 2.45) is 0 Å². The summed E-state index contributed by atoms with van der Waals surface area (Å²) in [7, 11) is 0. The van der Waals surface area contributed by atoms with Crippen LogP contribution in [0.15, 0.2) is 18.3 Å². The zero-order valence-electron chi connectivity index (χ0n) is 11.5. The molecule has 0 fully saturated rings. The smallest absolute Gasteiger partial charge is 0.187 e. The number of benzene rings is 1. The molecule has 1 aromatic carbocycles. The van der Waals surface area contributed by atoms with Crippen LogP contribution in [-0.2, 0) is 0 Å². The summed E-state index contributed by atoms with van der Waals surface area (Å²) in [5, 5.41) is 9.82. The summed E-state index contributed by atoms with van der Waals surface area (Å²) in [6.07, 6.45) is 1.56. The minimum atomic E-state index is 0.209. The summed E-state index contributed by atoms with van der Waals surface area (Å²) >= 11 is 2.05. The summed E-state index contributed by atoms with van der Waals surface area (Å²) < 4.78 is 6.54. The van der Waals surface area contributed by atoms with Crippen LogP contribution < -0.4 is 10.5 Å². The van der Waals surface area contributed by atoms with E-state index < -0.39 is 0 Å². The van der Waals surface area contributed by atoms with E-state index in [1.165, 1.54) is 0 Å². The van der Waals surface area contributed by atoms with Crippen molar-refractivity contribution in [1.29, 1.82) is 0 Å². The van der Waals surface area contributed by atoms with Crippen LogP contribution in [-0.4, -0.2) is 15.1 Å². The minimum Gasteiger partial charge on any atom is -0.507 e. The number of anilines is 1. The number of aryl methyl sites for hydroxylation is 1. The van der Waals surface area contributed by atoms with E-state index in [2.05, 4.69) is 32.6 Å². The third-order valence-corrected chi connectivity index (χ3v) is 3.69. The van der Waals surface area contributed by atoms with Gasteiger partial charge < -0.3 is 15.6 Å². The quantitative estimate of drug-likeness (QED) is 0.790. The molecule has 1 heterocycles. The minimum absolute atomic E-state index is 0.209. The van der Waals surface area contributed by atoms with Crippen molar-refractivity contribution in [2.45, 2.75) is 26.7 Å². The molecule has 0 aliphatic rings. The third-order valence-electron chi connectivity index (χ3n) is 2.82. The van der Waals surface area contributed by atoms with Crippen LogP contribution in [0.2, 0.25) is 0 Å². The van der Waals surface area contributed by atoms with Crippen LogP contribution >= 0.6 is 22.6 Å². The molecule has 0 saturated heterocycles. The first kappa shape index (κ1) is 14.8. The molecule has 20 heavy (non-hydrogen) atoms. The van der Waals surface area contributed by atoms with E-state index in [0.29, 0.717) is 26.7 Å². The molecule has 106 valence electrons. The van der Waals surface area contributed by atoms with Crippen molar-refractivity contribution in [1.82, 2.24) is 9.97 Å². The number of hydrogen-bond donors (Lipinski definition) is 2. The average Bonchev–Trinajstić information content (AvgIpc) is 2.36. The molecule has 2 rings (SSSR count). The number of nitrogen functional groups attached to an aromatic ring is 1. The molecule has 5 nitrogen and oxygen atoms in total. The molecule has 0 atom stereocenters. The lowest BCUT2D eigenvalue weighted by molar-refractivity contribution is 0.452. The second-order valence-electron chi connectivity index (χ2n) is 4.76. The molecule has 2 aromatic rings. The summed E-state index contributed by atoms with van der Waals surface area (Å²) in [6, 6.07) is 3.50. The lowest BCUT2D eigenvalue weighted by Crippen LogP contribution is -2.01. The van der Waals surface area contributed by atoms with Gasteiger partial charge in [-0.05, 0) is 47.6 Å². The van der Waals surface area contributed by atoms with Gasteiger partial charge in [-0.1, -0.05) is 13.8 Å². The summed E-state index contributed by atoms with van der Waals surface area (Å²) in [6.45, 7) is 5.83. The van der Waals surface area contributed by atoms with Gasteiger partial charge in [0, 0.05) is 5.56 Å². The predicted octanol–water partition coefficient (Wildman–Crippen LogP) is 3.59. The van der Waals surface area contributed by atoms with Gasteiger partial charge in [0.15, 0.2) is 11.6 Å². The largest absolute Gasteiger partial charge is 0.507 e. The van der Waals surface area contributed by atoms with Gasteiger partial charge in [0.05, 0.1) is 9.77 Å². The van der Waals surface area contributed by atoms with Crippen molar-refractivity contribution in [3.8, 4) is 17.2 Å². The molecule has 0 spiro atoms. The van der Waals surface area contributed by atoms with E-state index in [9.17, 15) is 5.11 Å². The Bertz CT molecular complexity index is 645. The van der Waals surface area contributed by atoms with Crippen LogP contribution in [0.3, 0.4) is 0 Å². The van der Waals surface area contributed by atoms with Crippen molar-refractivity contribution in [3.63, 3.8) is 0 Å². The van der Waals surface area contributed by atoms with Gasteiger partial charge >= 0.3 is 0 Å². The highest BCUT2D eigenvalue weighted by Crippen LogP contribution is 2.37. The molecule has 0 aliphatic carbocycles. The Labute approximate surface area is 131 Å². The molecule has 0 unspecified atom stereocenters. The average molecular weight is 385 g/mol. The first-order chi connectivity index (χ1) is 9.38. The molecular weight excluding hydrogens is 369 g/mol. The predicted molar refractivity (Wildman–Crippen MR) is 86.2 cm³/mol. The number of hydrogen-bond acceptors (Lipinski definition) is 5. The van der Waals surface area contributed by atoms with E-state index >= 15 is 0 Å². The number of aromatic nitrogens is 2. The van der Waals surface area contributed by atoms with Crippen molar-refractivity contribution >= 4 is 28.4 Å². The molecule has 0 radical (unpaired) electrons. The Morgan fingerprint density at radius 2 is 2.00 bits per heavy atom. The number of rotatable bonds is 3. The van der Waals surface area contributed by atoms with Gasteiger partial charge in [0.25, 0.3) is 0 Å². The van der Waals surface area contributed by atoms with Crippen LogP contribution in [0, 0.1) is 10.5 Å². The zero-order valence-corrected chi connectivity index (χ0v) is 13.7. The summed E-state index contributed by atoms with van der Waals surface area (Å²) in [5.74, 6) is 2.42. The fourth-order valence-corrected chi connectivity index (χ4v) is 2.21. The van der Waals surface area contributed by atoms with Gasteiger partial charge in [-0.15, -0.1) is 0 Å². The number of phenols is 1. The Morgan fingerprint density at radius 3 is 2.60 bits per heavy atom. The Kier molecular flexibility index (Phi) is 4.32. The maximum Gasteiger partial charge on any atom is 0.187 e. The standard InChI is InChI=1S/C14H16IN3O2/c1-7(2)9-4-11(19)10(15)5-12(9)20-13-6-17-8(3)18-14(13)16/h4-7,19H,1-3H3,(H2,16,17,18). The monoisotopic (exact) mass is 385 g/mol. The maximum atomic E-state index is 9.82. The maximum absolute atomic E-state index is 9.82. The molecule has 0 aliphatic heterocycles. The first-order valence-corrected chi connectivity index (χ1v) is 7.25. The lowest BCUT2D eigenvalue weighted by atomic mass is 10.0. The van der Waals surface area contributed by atoms with Crippen molar-refractivity contribution < 1.29 is 9.84 Å². The summed E-state index contributed by atoms with van der Waals surface area (Å²) in [5.41, 5.74) is 6.74. The zero-order chi connectivity index (χ0) is 14.9. The summed E-state index contributed by atoms with van der Waals surface area (Å²) in [4.78, 5) is 8.16. The molecule has 0 saturated carbocycles. The Balaban J connectivity index is 2.44. The van der Waals surface area contributed by atoms with Crippen LogP contribution in [0.25, 0.3) is 0 Å². The van der Waals surface area contributed by atoms with Gasteiger partial charge in [0.1, 0.15) is 17.3 Å². The number of nitrogens with two attached hydrogens (primary N) is 1. The molecule has 3 N–H and O–H groups in total. The number of halogens is 1. The molecule has 0 amide bonds. The fraction of sp³-hybridized carbons (Fsp3) is 0.286. The normalized spacial score (nSPS) is 10.8. The van der Waals surface area contributed by atoms with Gasteiger partial charge in [-0.2, -0.15) is 0 Å². The van der Waals surface area contributed by atoms with Crippen LogP contribution in [0.1, 0.15) is 31.2 Å². The topological polar surface area (TPSA) is 81.3 Å². The van der Waals surface area contributed by atoms with E-state index in [4.69, 9.17) is 10.5 Å². The molecular formula is C14H16IN3O2. The van der Waals surface area contributed by atoms with Crippen LogP contribution in [0.5, 0.6) is 17.2 Å². The van der Waals surface area contributed by atoms with E-state index in [1.54, 1.807) is 25.3 Å². The lowest BCUT2D eigenvalue weighted by Gasteiger charge is -2.15. The van der Waals surface area contributed by atoms with Crippen LogP contribution in [0.4, 0.5) is 5.82 Å². The second kappa shape index (κ2) is 5.82. The Hall–Kier alpha value is -1.57. The first-order valence-electron chi connectivity index (χ1n) is 6.18. The van der Waals surface area contributed by atoms with Crippen molar-refractivity contribution in [3.05, 3.63) is 33.3 Å². The molecule has 6 heteroatoms. The third kappa shape index (κ3) is 3.12. The number of nitrogens with zero attached hydrogens (tertiary/aromatic N) is 2. The molecule has 0 bridgehead atoms. The van der Waals surface area contributed by atoms with E-state index in [1.807, 2.05) is 13.8 Å². The van der Waals surface area contributed by atoms with E-state index in [0.717, 1.165) is 5.56 Å². The highest BCUT2D eigenvalue weighted by Gasteiger charge is 2.14. The van der Waals surface area contributed by atoms with Crippen molar-refractivity contribution in [2.75, 3.05) is 5.73 Å². The SMILES string of the molecule is Cc1ncc(Oc2cc(I)c(O)cc2C(C)C)c(N)n1. The van der Waals surface area contributed by atoms with E-state index in [-0.39, 0.29) is 11.7 Å². The van der Waals surface area contributed by atoms with Gasteiger partial charge in [-0.3, -0.25) is 0 Å². The fourth-order valence-electron chi connectivity index (χ4n) is 1.77. The number of aromatic hydroxyl groups is 1. The Morgan fingerprint density at radius 1 is 1.30 bits per heavy atom. The van der Waals surface area contributed by atoms with Gasteiger partial charge in [0.2, 0.25) is 0 Å². The molecule has 1 aromatic heterocycles. The van der Waals surface area contributed by atoms with Gasteiger partial charge in [-0.25, -0.2) is 9.97 Å². The number of phenolic OH excluding ortho intramolecular Hbond substituents is 1. The number of ether oxygens (including phenoxy) is 1.